The Balaban J connectivity index is 2.55. The molecule has 0 N–H and O–H groups in total. The van der Waals surface area contributed by atoms with Crippen molar-refractivity contribution in [1.29, 1.82) is 0 Å². The quantitative estimate of drug-likeness (QED) is 0.642. The maximum atomic E-state index is 11.5. The van der Waals surface area contributed by atoms with Gasteiger partial charge in [-0.05, 0) is 29.3 Å². The molecule has 1 aliphatic carbocycles. The molecule has 1 aromatic carbocycles. The molecule has 0 spiro atoms. The van der Waals surface area contributed by atoms with Crippen molar-refractivity contribution < 1.29 is 4.79 Å². The first-order chi connectivity index (χ1) is 6.81. The van der Waals surface area contributed by atoms with E-state index in [0.717, 1.165) is 18.4 Å². The summed E-state index contributed by atoms with van der Waals surface area (Å²) < 4.78 is 0. The van der Waals surface area contributed by atoms with Gasteiger partial charge in [-0.15, -0.1) is 0 Å². The summed E-state index contributed by atoms with van der Waals surface area (Å²) in [6.07, 6.45) is 7.24. The Morgan fingerprint density at radius 2 is 1.93 bits per heavy atom. The first-order valence-corrected chi connectivity index (χ1v) is 5.15. The van der Waals surface area contributed by atoms with Crippen LogP contribution in [0.5, 0.6) is 0 Å². The molecule has 0 bridgehead atoms. The average molecular weight is 186 g/mol. The van der Waals surface area contributed by atoms with Gasteiger partial charge in [-0.2, -0.15) is 0 Å². The van der Waals surface area contributed by atoms with E-state index in [1.54, 1.807) is 0 Å². The molecule has 0 aliphatic heterocycles. The largest absolute Gasteiger partial charge is 0.294 e. The summed E-state index contributed by atoms with van der Waals surface area (Å²) in [4.78, 5) is 11.5. The summed E-state index contributed by atoms with van der Waals surface area (Å²) in [5, 5.41) is 2.49. The highest BCUT2D eigenvalue weighted by atomic mass is 16.1. The Morgan fingerprint density at radius 1 is 1.21 bits per heavy atom. The second-order valence-electron chi connectivity index (χ2n) is 3.61. The maximum absolute atomic E-state index is 11.5. The first kappa shape index (κ1) is 9.20. The minimum absolute atomic E-state index is 0.228. The zero-order valence-electron chi connectivity index (χ0n) is 8.42. The van der Waals surface area contributed by atoms with Gasteiger partial charge in [-0.3, -0.25) is 4.79 Å². The Bertz CT molecular complexity index is 468. The van der Waals surface area contributed by atoms with Crippen molar-refractivity contribution in [3.8, 4) is 0 Å². The van der Waals surface area contributed by atoms with Gasteiger partial charge in [0, 0.05) is 12.0 Å². The third-order valence-electron chi connectivity index (χ3n) is 2.63. The molecule has 0 atom stereocenters. The van der Waals surface area contributed by atoms with E-state index in [-0.39, 0.29) is 5.78 Å². The SMILES string of the molecule is CCC(=O)c1ccc2c(c1)=CCCC=2. The van der Waals surface area contributed by atoms with Gasteiger partial charge < -0.3 is 0 Å². The molecule has 1 aromatic rings. The molecule has 0 aromatic heterocycles. The van der Waals surface area contributed by atoms with Gasteiger partial charge >= 0.3 is 0 Å². The van der Waals surface area contributed by atoms with E-state index in [0.29, 0.717) is 6.42 Å². The van der Waals surface area contributed by atoms with Crippen LogP contribution in [0.1, 0.15) is 36.5 Å². The number of benzene rings is 1. The highest BCUT2D eigenvalue weighted by Gasteiger charge is 2.02. The molecular weight excluding hydrogens is 172 g/mol. The molecule has 14 heavy (non-hydrogen) atoms. The van der Waals surface area contributed by atoms with Gasteiger partial charge in [0.25, 0.3) is 0 Å². The van der Waals surface area contributed by atoms with Gasteiger partial charge in [0.05, 0.1) is 0 Å². The van der Waals surface area contributed by atoms with Crippen molar-refractivity contribution in [3.05, 3.63) is 34.2 Å². The minimum atomic E-state index is 0.228. The van der Waals surface area contributed by atoms with E-state index in [2.05, 4.69) is 12.2 Å². The fourth-order valence-corrected chi connectivity index (χ4v) is 1.79. The third kappa shape index (κ3) is 1.63. The van der Waals surface area contributed by atoms with E-state index in [1.807, 2.05) is 25.1 Å². The normalized spacial score (nSPS) is 13.8. The second-order valence-corrected chi connectivity index (χ2v) is 3.61. The van der Waals surface area contributed by atoms with Crippen LogP contribution in [0, 0.1) is 0 Å². The Labute approximate surface area is 83.8 Å². The summed E-state index contributed by atoms with van der Waals surface area (Å²) in [7, 11) is 0. The topological polar surface area (TPSA) is 17.1 Å². The lowest BCUT2D eigenvalue weighted by molar-refractivity contribution is 0.0988. The number of hydrogen-bond donors (Lipinski definition) is 0. The molecule has 0 amide bonds. The fourth-order valence-electron chi connectivity index (χ4n) is 1.79. The molecule has 0 radical (unpaired) electrons. The van der Waals surface area contributed by atoms with Crippen LogP contribution in [0.25, 0.3) is 12.2 Å². The van der Waals surface area contributed by atoms with Gasteiger partial charge in [-0.1, -0.05) is 31.2 Å². The first-order valence-electron chi connectivity index (χ1n) is 5.15. The van der Waals surface area contributed by atoms with Crippen molar-refractivity contribution in [2.45, 2.75) is 26.2 Å². The average Bonchev–Trinajstić information content (AvgIpc) is 2.27. The molecule has 0 saturated carbocycles. The monoisotopic (exact) mass is 186 g/mol. The lowest BCUT2D eigenvalue weighted by Gasteiger charge is -2.02. The summed E-state index contributed by atoms with van der Waals surface area (Å²) >= 11 is 0. The van der Waals surface area contributed by atoms with Gasteiger partial charge in [-0.25, -0.2) is 0 Å². The summed E-state index contributed by atoms with van der Waals surface area (Å²) in [6.45, 7) is 1.90. The number of ketones is 1. The highest BCUT2D eigenvalue weighted by molar-refractivity contribution is 5.95. The zero-order valence-corrected chi connectivity index (χ0v) is 8.42. The van der Waals surface area contributed by atoms with Crippen molar-refractivity contribution in [1.82, 2.24) is 0 Å². The molecule has 1 heteroatoms. The van der Waals surface area contributed by atoms with E-state index >= 15 is 0 Å². The van der Waals surface area contributed by atoms with Gasteiger partial charge in [0.2, 0.25) is 0 Å². The predicted molar refractivity (Wildman–Crippen MR) is 58.5 cm³/mol. The van der Waals surface area contributed by atoms with Gasteiger partial charge in [0.1, 0.15) is 0 Å². The number of carbonyl (C=O) groups is 1. The van der Waals surface area contributed by atoms with E-state index < -0.39 is 0 Å². The zero-order chi connectivity index (χ0) is 9.97. The van der Waals surface area contributed by atoms with Crippen LogP contribution in [-0.2, 0) is 0 Å². The number of fused-ring (bicyclic) bond motifs is 1. The predicted octanol–water partition coefficient (Wildman–Crippen LogP) is 1.63. The van der Waals surface area contributed by atoms with Crippen LogP contribution in [0.3, 0.4) is 0 Å². The van der Waals surface area contributed by atoms with Crippen LogP contribution < -0.4 is 10.4 Å². The Kier molecular flexibility index (Phi) is 2.49. The Morgan fingerprint density at radius 3 is 2.64 bits per heavy atom. The Hall–Kier alpha value is -1.37. The highest BCUT2D eigenvalue weighted by Crippen LogP contribution is 2.00. The van der Waals surface area contributed by atoms with Crippen molar-refractivity contribution in [3.63, 3.8) is 0 Å². The molecule has 72 valence electrons. The fraction of sp³-hybridized carbons (Fsp3) is 0.308. The van der Waals surface area contributed by atoms with Crippen molar-refractivity contribution >= 4 is 17.9 Å². The summed E-state index contributed by atoms with van der Waals surface area (Å²) in [5.41, 5.74) is 0.845. The second kappa shape index (κ2) is 3.79. The lowest BCUT2D eigenvalue weighted by Crippen LogP contribution is -2.27. The number of Topliss-reactive ketones (excluding diaryl/α,β-unsaturated/α-hetero) is 1. The maximum Gasteiger partial charge on any atom is 0.162 e. The third-order valence-corrected chi connectivity index (χ3v) is 2.63. The smallest absolute Gasteiger partial charge is 0.162 e. The lowest BCUT2D eigenvalue weighted by atomic mass is 10.0. The number of rotatable bonds is 2. The minimum Gasteiger partial charge on any atom is -0.294 e. The van der Waals surface area contributed by atoms with Crippen LogP contribution in [0.2, 0.25) is 0 Å². The van der Waals surface area contributed by atoms with E-state index in [1.165, 1.54) is 10.4 Å². The van der Waals surface area contributed by atoms with Crippen molar-refractivity contribution in [2.24, 2.45) is 0 Å². The van der Waals surface area contributed by atoms with Crippen LogP contribution in [0.15, 0.2) is 18.2 Å². The molecular formula is C13H14O. The number of carbonyl (C=O) groups excluding carboxylic acids is 1. The van der Waals surface area contributed by atoms with Crippen LogP contribution >= 0.6 is 0 Å². The standard InChI is InChI=1S/C13H14O/c1-2-13(14)12-8-7-10-5-3-4-6-11(10)9-12/h5-9H,2-4H2,1H3. The molecule has 2 rings (SSSR count). The van der Waals surface area contributed by atoms with E-state index in [4.69, 9.17) is 0 Å². The number of hydrogen-bond acceptors (Lipinski definition) is 1. The summed E-state index contributed by atoms with van der Waals surface area (Å²) in [6, 6.07) is 5.99. The van der Waals surface area contributed by atoms with Crippen LogP contribution in [0.4, 0.5) is 0 Å². The van der Waals surface area contributed by atoms with Crippen LogP contribution in [-0.4, -0.2) is 5.78 Å². The molecule has 0 saturated heterocycles. The van der Waals surface area contributed by atoms with Crippen molar-refractivity contribution in [2.75, 3.05) is 0 Å². The molecule has 0 unspecified atom stereocenters. The van der Waals surface area contributed by atoms with E-state index in [9.17, 15) is 4.79 Å². The van der Waals surface area contributed by atoms with Gasteiger partial charge in [0.15, 0.2) is 5.78 Å². The molecule has 1 aliphatic rings. The molecule has 0 fully saturated rings. The summed E-state index contributed by atoms with van der Waals surface area (Å²) in [5.74, 6) is 0.228. The molecule has 0 heterocycles. The molecule has 1 nitrogen and oxygen atoms in total.